The van der Waals surface area contributed by atoms with E-state index >= 15 is 0 Å². The van der Waals surface area contributed by atoms with E-state index in [0.29, 0.717) is 5.56 Å². The van der Waals surface area contributed by atoms with E-state index in [9.17, 15) is 18.0 Å². The SMILES string of the molecule is O=C(O)CN(Cc1ccccc1OC(F)(F)F)C1CC1. The van der Waals surface area contributed by atoms with Crippen molar-refractivity contribution in [1.82, 2.24) is 4.90 Å². The van der Waals surface area contributed by atoms with E-state index in [0.717, 1.165) is 12.8 Å². The fourth-order valence-electron chi connectivity index (χ4n) is 2.01. The topological polar surface area (TPSA) is 49.8 Å². The van der Waals surface area contributed by atoms with E-state index in [1.807, 2.05) is 0 Å². The highest BCUT2D eigenvalue weighted by Crippen LogP contribution is 2.31. The zero-order valence-corrected chi connectivity index (χ0v) is 10.6. The van der Waals surface area contributed by atoms with Gasteiger partial charge in [-0.3, -0.25) is 9.69 Å². The summed E-state index contributed by atoms with van der Waals surface area (Å²) in [6.45, 7) is -0.0613. The van der Waals surface area contributed by atoms with Gasteiger partial charge in [0.2, 0.25) is 0 Å². The Kier molecular flexibility index (Phi) is 4.17. The summed E-state index contributed by atoms with van der Waals surface area (Å²) in [5, 5.41) is 8.84. The van der Waals surface area contributed by atoms with Gasteiger partial charge in [0.15, 0.2) is 0 Å². The molecule has 0 amide bonds. The van der Waals surface area contributed by atoms with Crippen LogP contribution in [0, 0.1) is 0 Å². The Morgan fingerprint density at radius 3 is 2.55 bits per heavy atom. The van der Waals surface area contributed by atoms with Crippen LogP contribution in [-0.2, 0) is 11.3 Å². The number of rotatable bonds is 6. The van der Waals surface area contributed by atoms with Gasteiger partial charge in [-0.05, 0) is 18.9 Å². The van der Waals surface area contributed by atoms with Crippen LogP contribution in [0.15, 0.2) is 24.3 Å². The molecule has 2 rings (SSSR count). The minimum Gasteiger partial charge on any atom is -0.480 e. The lowest BCUT2D eigenvalue weighted by atomic mass is 10.2. The zero-order valence-electron chi connectivity index (χ0n) is 10.6. The number of carboxylic acid groups (broad SMARTS) is 1. The molecule has 0 radical (unpaired) electrons. The standard InChI is InChI=1S/C13H14F3NO3/c14-13(15,16)20-11-4-2-1-3-9(11)7-17(8-12(18)19)10-5-6-10/h1-4,10H,5-8H2,(H,18,19). The van der Waals surface area contributed by atoms with Gasteiger partial charge in [-0.25, -0.2) is 0 Å². The number of carboxylic acids is 1. The lowest BCUT2D eigenvalue weighted by molar-refractivity contribution is -0.275. The number of halogens is 3. The maximum atomic E-state index is 12.3. The summed E-state index contributed by atoms with van der Waals surface area (Å²) < 4.78 is 40.9. The first-order chi connectivity index (χ1) is 9.35. The molecule has 1 N–H and O–H groups in total. The van der Waals surface area contributed by atoms with Gasteiger partial charge in [0.25, 0.3) is 0 Å². The largest absolute Gasteiger partial charge is 0.573 e. The number of hydrogen-bond acceptors (Lipinski definition) is 3. The lowest BCUT2D eigenvalue weighted by Crippen LogP contribution is -2.31. The van der Waals surface area contributed by atoms with Gasteiger partial charge in [0.05, 0.1) is 6.54 Å². The zero-order chi connectivity index (χ0) is 14.8. The van der Waals surface area contributed by atoms with Gasteiger partial charge >= 0.3 is 12.3 Å². The van der Waals surface area contributed by atoms with Crippen LogP contribution in [0.2, 0.25) is 0 Å². The molecule has 0 aliphatic heterocycles. The molecule has 0 heterocycles. The number of nitrogens with zero attached hydrogens (tertiary/aromatic N) is 1. The van der Waals surface area contributed by atoms with Crippen LogP contribution in [-0.4, -0.2) is 34.9 Å². The second-order valence-corrected chi connectivity index (χ2v) is 4.69. The number of carbonyl (C=O) groups is 1. The summed E-state index contributed by atoms with van der Waals surface area (Å²) in [7, 11) is 0. The summed E-state index contributed by atoms with van der Waals surface area (Å²) in [4.78, 5) is 12.4. The van der Waals surface area contributed by atoms with Crippen LogP contribution in [0.4, 0.5) is 13.2 Å². The molecule has 0 saturated heterocycles. The van der Waals surface area contributed by atoms with Crippen molar-refractivity contribution in [3.05, 3.63) is 29.8 Å². The molecule has 0 bridgehead atoms. The van der Waals surface area contributed by atoms with Crippen LogP contribution >= 0.6 is 0 Å². The molecule has 7 heteroatoms. The van der Waals surface area contributed by atoms with Crippen LogP contribution in [0.1, 0.15) is 18.4 Å². The van der Waals surface area contributed by atoms with E-state index in [-0.39, 0.29) is 24.9 Å². The summed E-state index contributed by atoms with van der Waals surface area (Å²) >= 11 is 0. The highest BCUT2D eigenvalue weighted by molar-refractivity contribution is 5.69. The van der Waals surface area contributed by atoms with Crippen LogP contribution in [0.3, 0.4) is 0 Å². The Morgan fingerprint density at radius 1 is 1.35 bits per heavy atom. The Labute approximate surface area is 113 Å². The van der Waals surface area contributed by atoms with Gasteiger partial charge in [0.1, 0.15) is 5.75 Å². The number of aliphatic carboxylic acids is 1. The van der Waals surface area contributed by atoms with E-state index < -0.39 is 12.3 Å². The predicted molar refractivity (Wildman–Crippen MR) is 64.2 cm³/mol. The summed E-state index contributed by atoms with van der Waals surface area (Å²) in [6, 6.07) is 5.92. The van der Waals surface area contributed by atoms with E-state index in [1.54, 1.807) is 11.0 Å². The molecule has 20 heavy (non-hydrogen) atoms. The smallest absolute Gasteiger partial charge is 0.480 e. The van der Waals surface area contributed by atoms with Crippen molar-refractivity contribution in [3.63, 3.8) is 0 Å². The molecule has 0 atom stereocenters. The molecule has 110 valence electrons. The first-order valence-corrected chi connectivity index (χ1v) is 6.14. The van der Waals surface area contributed by atoms with Gasteiger partial charge in [-0.15, -0.1) is 13.2 Å². The molecule has 1 saturated carbocycles. The Bertz CT molecular complexity index is 486. The normalized spacial score (nSPS) is 15.4. The van der Waals surface area contributed by atoms with E-state index in [2.05, 4.69) is 4.74 Å². The average Bonchev–Trinajstić information content (AvgIpc) is 3.12. The quantitative estimate of drug-likeness (QED) is 0.874. The number of hydrogen-bond donors (Lipinski definition) is 1. The third kappa shape index (κ3) is 4.41. The molecule has 1 aliphatic rings. The summed E-state index contributed by atoms with van der Waals surface area (Å²) in [5.41, 5.74) is 0.331. The Balaban J connectivity index is 2.12. The maximum Gasteiger partial charge on any atom is 0.573 e. The predicted octanol–water partition coefficient (Wildman–Crippen LogP) is 2.63. The maximum absolute atomic E-state index is 12.3. The first kappa shape index (κ1) is 14.6. The first-order valence-electron chi connectivity index (χ1n) is 6.14. The average molecular weight is 289 g/mol. The van der Waals surface area contributed by atoms with Crippen LogP contribution in [0.25, 0.3) is 0 Å². The number of benzene rings is 1. The molecular weight excluding hydrogens is 275 g/mol. The van der Waals surface area contributed by atoms with Crippen LogP contribution < -0.4 is 4.74 Å². The number of para-hydroxylation sites is 1. The summed E-state index contributed by atoms with van der Waals surface area (Å²) in [6.07, 6.45) is -3.02. The molecule has 1 fully saturated rings. The van der Waals surface area contributed by atoms with Gasteiger partial charge in [-0.1, -0.05) is 18.2 Å². The molecule has 1 aliphatic carbocycles. The van der Waals surface area contributed by atoms with Crippen molar-refractivity contribution in [2.24, 2.45) is 0 Å². The molecule has 4 nitrogen and oxygen atoms in total. The second-order valence-electron chi connectivity index (χ2n) is 4.69. The van der Waals surface area contributed by atoms with Crippen molar-refractivity contribution >= 4 is 5.97 Å². The fourth-order valence-corrected chi connectivity index (χ4v) is 2.01. The van der Waals surface area contributed by atoms with E-state index in [4.69, 9.17) is 5.11 Å². The molecule has 1 aromatic rings. The molecule has 0 spiro atoms. The van der Waals surface area contributed by atoms with Crippen molar-refractivity contribution in [1.29, 1.82) is 0 Å². The minimum atomic E-state index is -4.76. The molecule has 0 aromatic heterocycles. The van der Waals surface area contributed by atoms with Gasteiger partial charge in [-0.2, -0.15) is 0 Å². The number of ether oxygens (including phenoxy) is 1. The Morgan fingerprint density at radius 2 is 2.00 bits per heavy atom. The lowest BCUT2D eigenvalue weighted by Gasteiger charge is -2.21. The number of alkyl halides is 3. The summed E-state index contributed by atoms with van der Waals surface area (Å²) in [5.74, 6) is -1.28. The van der Waals surface area contributed by atoms with Crippen molar-refractivity contribution in [3.8, 4) is 5.75 Å². The van der Waals surface area contributed by atoms with Gasteiger partial charge < -0.3 is 9.84 Å². The molecular formula is C13H14F3NO3. The van der Waals surface area contributed by atoms with Crippen molar-refractivity contribution in [2.75, 3.05) is 6.54 Å². The highest BCUT2D eigenvalue weighted by Gasteiger charge is 2.34. The van der Waals surface area contributed by atoms with E-state index in [1.165, 1.54) is 18.2 Å². The minimum absolute atomic E-state index is 0.128. The fraction of sp³-hybridized carbons (Fsp3) is 0.462. The second kappa shape index (κ2) is 5.70. The third-order valence-corrected chi connectivity index (χ3v) is 2.97. The van der Waals surface area contributed by atoms with Crippen LogP contribution in [0.5, 0.6) is 5.75 Å². The highest BCUT2D eigenvalue weighted by atomic mass is 19.4. The van der Waals surface area contributed by atoms with Crippen molar-refractivity contribution in [2.45, 2.75) is 31.8 Å². The van der Waals surface area contributed by atoms with Gasteiger partial charge in [0, 0.05) is 18.2 Å². The Hall–Kier alpha value is -1.76. The third-order valence-electron chi connectivity index (χ3n) is 2.97. The molecule has 1 aromatic carbocycles. The monoisotopic (exact) mass is 289 g/mol. The molecule has 0 unspecified atom stereocenters. The van der Waals surface area contributed by atoms with Crippen molar-refractivity contribution < 1.29 is 27.8 Å².